The number of imide groups is 1. The highest BCUT2D eigenvalue weighted by molar-refractivity contribution is 6.04. The van der Waals surface area contributed by atoms with E-state index in [0.29, 0.717) is 5.92 Å². The molecule has 3 unspecified atom stereocenters. The summed E-state index contributed by atoms with van der Waals surface area (Å²) in [7, 11) is 0. The van der Waals surface area contributed by atoms with Gasteiger partial charge in [0.1, 0.15) is 0 Å². The largest absolute Gasteiger partial charge is 0.296 e. The molecule has 0 saturated carbocycles. The zero-order chi connectivity index (χ0) is 12.4. The predicted molar refractivity (Wildman–Crippen MR) is 92.2 cm³/mol. The quantitative estimate of drug-likeness (QED) is 0.826. The van der Waals surface area contributed by atoms with Crippen LogP contribution < -0.4 is 5.32 Å². The molecule has 0 aromatic heterocycles. The van der Waals surface area contributed by atoms with E-state index in [2.05, 4.69) is 24.4 Å². The van der Waals surface area contributed by atoms with Gasteiger partial charge in [-0.2, -0.15) is 0 Å². The monoisotopic (exact) mass is 295 g/mol. The summed E-state index contributed by atoms with van der Waals surface area (Å²) in [6.07, 6.45) is 0.725. The molecule has 1 aliphatic heterocycles. The Hall–Kier alpha value is -1.64. The molecule has 21 heavy (non-hydrogen) atoms. The molecule has 1 saturated heterocycles. The summed E-state index contributed by atoms with van der Waals surface area (Å²) < 4.78 is 0. The van der Waals surface area contributed by atoms with Gasteiger partial charge in [0.15, 0.2) is 0 Å². The van der Waals surface area contributed by atoms with E-state index in [0.717, 1.165) is 6.42 Å². The molecule has 1 fully saturated rings. The minimum Gasteiger partial charge on any atom is -0.296 e. The van der Waals surface area contributed by atoms with Gasteiger partial charge in [0.05, 0.1) is 5.92 Å². The molecule has 0 spiro atoms. The number of carbonyl (C=O) groups excluding carboxylic acids is 2. The first-order valence-corrected chi connectivity index (χ1v) is 5.99. The van der Waals surface area contributed by atoms with Crippen LogP contribution in [0.15, 0.2) is 30.3 Å². The Morgan fingerprint density at radius 3 is 1.95 bits per heavy atom. The normalized spacial score (nSPS) is 20.9. The molecule has 1 N–H and O–H groups in total. The lowest BCUT2D eigenvalue weighted by atomic mass is 9.85. The number of hydrogen-bond donors (Lipinski definition) is 1. The molecule has 3 heteroatoms. The number of carbonyl (C=O) groups is 2. The van der Waals surface area contributed by atoms with E-state index in [1.807, 2.05) is 25.1 Å². The van der Waals surface area contributed by atoms with Crippen molar-refractivity contribution >= 4 is 11.8 Å². The molecular formula is C18H33NO2. The van der Waals surface area contributed by atoms with Crippen molar-refractivity contribution in [1.29, 1.82) is 0 Å². The minimum absolute atomic E-state index is 0. The summed E-state index contributed by atoms with van der Waals surface area (Å²) in [6, 6.07) is 10.1. The molecule has 3 atom stereocenters. The molecule has 3 nitrogen and oxygen atoms in total. The first-order valence-electron chi connectivity index (χ1n) is 5.99. The molecule has 1 aromatic carbocycles. The summed E-state index contributed by atoms with van der Waals surface area (Å²) >= 11 is 0. The molecule has 2 rings (SSSR count). The lowest BCUT2D eigenvalue weighted by molar-refractivity contribution is -0.126. The van der Waals surface area contributed by atoms with Gasteiger partial charge in [-0.1, -0.05) is 73.9 Å². The van der Waals surface area contributed by atoms with E-state index in [4.69, 9.17) is 0 Å². The number of benzene rings is 1. The lowest BCUT2D eigenvalue weighted by Gasteiger charge is -2.17. The maximum Gasteiger partial charge on any atom is 0.230 e. The van der Waals surface area contributed by atoms with E-state index in [1.54, 1.807) is 0 Å². The van der Waals surface area contributed by atoms with Crippen LogP contribution in [0.25, 0.3) is 0 Å². The zero-order valence-electron chi connectivity index (χ0n) is 10.1. The highest BCUT2D eigenvalue weighted by Gasteiger charge is 2.38. The Morgan fingerprint density at radius 2 is 1.52 bits per heavy atom. The number of hydrogen-bond acceptors (Lipinski definition) is 2. The van der Waals surface area contributed by atoms with Gasteiger partial charge in [-0.05, 0) is 17.9 Å². The van der Waals surface area contributed by atoms with Crippen molar-refractivity contribution < 1.29 is 9.59 Å². The summed E-state index contributed by atoms with van der Waals surface area (Å²) in [6.45, 7) is 3.92. The van der Waals surface area contributed by atoms with Crippen LogP contribution in [-0.4, -0.2) is 11.8 Å². The van der Waals surface area contributed by atoms with Gasteiger partial charge < -0.3 is 0 Å². The van der Waals surface area contributed by atoms with Crippen LogP contribution in [0, 0.1) is 11.8 Å². The summed E-state index contributed by atoms with van der Waals surface area (Å²) in [5.41, 5.74) is 1.21. The smallest absolute Gasteiger partial charge is 0.230 e. The van der Waals surface area contributed by atoms with Gasteiger partial charge in [-0.3, -0.25) is 14.9 Å². The Balaban J connectivity index is -0.000000810. The van der Waals surface area contributed by atoms with E-state index >= 15 is 0 Å². The average Bonchev–Trinajstić information content (AvgIpc) is 2.57. The molecule has 2 amide bonds. The van der Waals surface area contributed by atoms with E-state index in [9.17, 15) is 9.59 Å². The Morgan fingerprint density at radius 1 is 1.00 bits per heavy atom. The van der Waals surface area contributed by atoms with Crippen LogP contribution in [0.4, 0.5) is 0 Å². The van der Waals surface area contributed by atoms with Gasteiger partial charge in [0.2, 0.25) is 11.8 Å². The SMILES string of the molecule is C.C.C.C.CC(CC1C(=O)NC(=O)C1C)c1ccccc1. The minimum atomic E-state index is -0.200. The van der Waals surface area contributed by atoms with Gasteiger partial charge in [-0.25, -0.2) is 0 Å². The molecule has 1 aromatic rings. The molecule has 0 bridgehead atoms. The molecule has 0 radical (unpaired) electrons. The van der Waals surface area contributed by atoms with Gasteiger partial charge in [-0.15, -0.1) is 0 Å². The summed E-state index contributed by atoms with van der Waals surface area (Å²) in [4.78, 5) is 23.0. The van der Waals surface area contributed by atoms with Gasteiger partial charge in [0, 0.05) is 5.92 Å². The Kier molecular flexibility index (Phi) is 11.8. The van der Waals surface area contributed by atoms with Crippen molar-refractivity contribution in [1.82, 2.24) is 5.32 Å². The van der Waals surface area contributed by atoms with Crippen molar-refractivity contribution in [2.75, 3.05) is 0 Å². The van der Waals surface area contributed by atoms with E-state index in [1.165, 1.54) is 5.56 Å². The molecular weight excluding hydrogens is 262 g/mol. The Bertz CT molecular complexity index is 428. The summed E-state index contributed by atoms with van der Waals surface area (Å²) in [5.74, 6) is -0.350. The van der Waals surface area contributed by atoms with Crippen molar-refractivity contribution in [2.24, 2.45) is 11.8 Å². The third-order valence-electron chi connectivity index (χ3n) is 3.58. The highest BCUT2D eigenvalue weighted by atomic mass is 16.2. The third-order valence-corrected chi connectivity index (χ3v) is 3.58. The lowest BCUT2D eigenvalue weighted by Crippen LogP contribution is -2.22. The summed E-state index contributed by atoms with van der Waals surface area (Å²) in [5, 5.41) is 2.40. The van der Waals surface area contributed by atoms with Gasteiger partial charge >= 0.3 is 0 Å². The second kappa shape index (κ2) is 10.1. The fraction of sp³-hybridized carbons (Fsp3) is 0.556. The van der Waals surface area contributed by atoms with Crippen molar-refractivity contribution in [3.8, 4) is 0 Å². The van der Waals surface area contributed by atoms with Crippen LogP contribution in [0.1, 0.15) is 61.5 Å². The fourth-order valence-corrected chi connectivity index (χ4v) is 2.35. The van der Waals surface area contributed by atoms with Crippen LogP contribution in [0.5, 0.6) is 0 Å². The molecule has 1 heterocycles. The molecule has 122 valence electrons. The fourth-order valence-electron chi connectivity index (χ4n) is 2.35. The number of nitrogens with one attached hydrogen (secondary N) is 1. The first kappa shape index (κ1) is 24.4. The van der Waals surface area contributed by atoms with Gasteiger partial charge in [0.25, 0.3) is 0 Å². The highest BCUT2D eigenvalue weighted by Crippen LogP contribution is 2.30. The number of amides is 2. The molecule has 0 aliphatic carbocycles. The van der Waals surface area contributed by atoms with E-state index < -0.39 is 0 Å². The maximum atomic E-state index is 11.6. The van der Waals surface area contributed by atoms with Crippen molar-refractivity contribution in [2.45, 2.75) is 55.9 Å². The van der Waals surface area contributed by atoms with E-state index in [-0.39, 0.29) is 53.4 Å². The van der Waals surface area contributed by atoms with Crippen molar-refractivity contribution in [3.63, 3.8) is 0 Å². The van der Waals surface area contributed by atoms with Crippen LogP contribution in [-0.2, 0) is 9.59 Å². The average molecular weight is 295 g/mol. The van der Waals surface area contributed by atoms with Crippen LogP contribution in [0.3, 0.4) is 0 Å². The predicted octanol–water partition coefficient (Wildman–Crippen LogP) is 4.63. The third kappa shape index (κ3) is 5.33. The molecule has 1 aliphatic rings. The second-order valence-corrected chi connectivity index (χ2v) is 4.80. The second-order valence-electron chi connectivity index (χ2n) is 4.80. The first-order chi connectivity index (χ1) is 8.09. The zero-order valence-corrected chi connectivity index (χ0v) is 10.1. The van der Waals surface area contributed by atoms with Crippen molar-refractivity contribution in [3.05, 3.63) is 35.9 Å². The number of rotatable bonds is 3. The topological polar surface area (TPSA) is 46.2 Å². The van der Waals surface area contributed by atoms with Crippen LogP contribution in [0.2, 0.25) is 0 Å². The maximum absolute atomic E-state index is 11.6. The van der Waals surface area contributed by atoms with Crippen LogP contribution >= 0.6 is 0 Å². The Labute approximate surface area is 131 Å². The standard InChI is InChI=1S/C14H17NO2.4CH4/c1-9(11-6-4-3-5-7-11)8-12-10(2)13(16)15-14(12)17;;;;/h3-7,9-10,12H,8H2,1-2H3,(H,15,16,17);4*1H4.